The molecule has 1 saturated carbocycles. The van der Waals surface area contributed by atoms with Crippen molar-refractivity contribution in [2.45, 2.75) is 96.7 Å². The highest BCUT2D eigenvalue weighted by molar-refractivity contribution is 5.22. The molecule has 1 aliphatic carbocycles. The molecule has 1 aromatic rings. The highest BCUT2D eigenvalue weighted by Crippen LogP contribution is 2.62. The van der Waals surface area contributed by atoms with Gasteiger partial charge in [0.1, 0.15) is 6.10 Å². The maximum atomic E-state index is 6.90. The highest BCUT2D eigenvalue weighted by atomic mass is 17.3. The molecule has 7 nitrogen and oxygen atoms in total. The molecule has 6 aliphatic rings. The molecule has 5 aliphatic heterocycles. The fourth-order valence-electron chi connectivity index (χ4n) is 7.93. The van der Waals surface area contributed by atoms with Crippen LogP contribution in [-0.4, -0.2) is 64.3 Å². The van der Waals surface area contributed by atoms with Gasteiger partial charge >= 0.3 is 0 Å². The van der Waals surface area contributed by atoms with E-state index in [-0.39, 0.29) is 12.4 Å². The van der Waals surface area contributed by atoms with E-state index in [2.05, 4.69) is 61.2 Å². The summed E-state index contributed by atoms with van der Waals surface area (Å²) >= 11 is 0. The van der Waals surface area contributed by atoms with Crippen molar-refractivity contribution in [3.8, 4) is 0 Å². The first-order valence-electron chi connectivity index (χ1n) is 14.0. The van der Waals surface area contributed by atoms with Crippen molar-refractivity contribution in [2.75, 3.05) is 26.2 Å². The van der Waals surface area contributed by atoms with E-state index in [4.69, 9.17) is 19.2 Å². The number of ether oxygens (including phenoxy) is 2. The molecule has 8 atom stereocenters. The fraction of sp³-hybridized carbons (Fsp3) is 0.857. The molecule has 7 rings (SSSR count). The Bertz CT molecular complexity index is 927. The number of piperazine rings is 1. The van der Waals surface area contributed by atoms with E-state index in [1.807, 2.05) is 6.92 Å². The minimum absolute atomic E-state index is 0.00669. The summed E-state index contributed by atoms with van der Waals surface area (Å²) in [6.07, 6.45) is 3.91. The van der Waals surface area contributed by atoms with Gasteiger partial charge in [-0.25, -0.2) is 9.78 Å². The third kappa shape index (κ3) is 3.84. The van der Waals surface area contributed by atoms with E-state index in [0.717, 1.165) is 52.0 Å². The SMILES string of the molecule is CC(C)N1CCN(Cc2ccc([C@@H]3O[C@@H]4O[C@]5(C)CC[C@H]6[C@H](C)CC[C@@H]([C@H]3C)[C@@]46OO5)n2C)CC1. The Kier molecular flexibility index (Phi) is 6.14. The first-order valence-corrected chi connectivity index (χ1v) is 14.0. The summed E-state index contributed by atoms with van der Waals surface area (Å²) in [5.41, 5.74) is 2.13. The molecule has 2 bridgehead atoms. The van der Waals surface area contributed by atoms with E-state index >= 15 is 0 Å². The van der Waals surface area contributed by atoms with Gasteiger partial charge < -0.3 is 14.0 Å². The summed E-state index contributed by atoms with van der Waals surface area (Å²) in [4.78, 5) is 17.5. The summed E-state index contributed by atoms with van der Waals surface area (Å²) < 4.78 is 15.9. The van der Waals surface area contributed by atoms with Gasteiger partial charge in [0.05, 0.1) is 0 Å². The normalized spacial score (nSPS) is 44.4. The molecule has 0 radical (unpaired) electrons. The predicted octanol–water partition coefficient (Wildman–Crippen LogP) is 4.47. The Morgan fingerprint density at radius 2 is 1.77 bits per heavy atom. The lowest BCUT2D eigenvalue weighted by Gasteiger charge is -2.60. The third-order valence-corrected chi connectivity index (χ3v) is 10.2. The van der Waals surface area contributed by atoms with Crippen LogP contribution in [0.15, 0.2) is 12.1 Å². The minimum atomic E-state index is -0.722. The third-order valence-electron chi connectivity index (χ3n) is 10.2. The second kappa shape index (κ2) is 8.81. The molecule has 0 amide bonds. The lowest BCUT2D eigenvalue weighted by atomic mass is 9.57. The maximum absolute atomic E-state index is 6.90. The van der Waals surface area contributed by atoms with Crippen LogP contribution in [0.1, 0.15) is 77.8 Å². The van der Waals surface area contributed by atoms with Crippen molar-refractivity contribution < 1.29 is 19.2 Å². The van der Waals surface area contributed by atoms with Crippen LogP contribution < -0.4 is 0 Å². The Morgan fingerprint density at radius 1 is 1.00 bits per heavy atom. The highest BCUT2D eigenvalue weighted by Gasteiger charge is 2.69. The quantitative estimate of drug-likeness (QED) is 0.584. The van der Waals surface area contributed by atoms with Gasteiger partial charge in [0, 0.05) is 69.5 Å². The fourth-order valence-corrected chi connectivity index (χ4v) is 7.93. The van der Waals surface area contributed by atoms with Crippen LogP contribution >= 0.6 is 0 Å². The van der Waals surface area contributed by atoms with Gasteiger partial charge in [-0.3, -0.25) is 9.80 Å². The van der Waals surface area contributed by atoms with Crippen LogP contribution in [0, 0.1) is 23.7 Å². The molecule has 0 N–H and O–H groups in total. The van der Waals surface area contributed by atoms with Gasteiger partial charge in [-0.15, -0.1) is 0 Å². The zero-order chi connectivity index (χ0) is 24.5. The second-order valence-electron chi connectivity index (χ2n) is 12.5. The van der Waals surface area contributed by atoms with Gasteiger partial charge in [-0.1, -0.05) is 13.8 Å². The molecule has 0 unspecified atom stereocenters. The Balaban J connectivity index is 1.24. The van der Waals surface area contributed by atoms with Crippen LogP contribution in [-0.2, 0) is 32.8 Å². The Morgan fingerprint density at radius 3 is 2.51 bits per heavy atom. The number of fused-ring (bicyclic) bond motifs is 2. The molecule has 35 heavy (non-hydrogen) atoms. The molecule has 7 heteroatoms. The first-order chi connectivity index (χ1) is 16.7. The van der Waals surface area contributed by atoms with Crippen LogP contribution in [0.3, 0.4) is 0 Å². The largest absolute Gasteiger partial charge is 0.348 e. The number of nitrogens with zero attached hydrogens (tertiary/aromatic N) is 3. The van der Waals surface area contributed by atoms with Gasteiger partial charge in [-0.05, 0) is 69.9 Å². The molecular formula is C28H45N3O4. The zero-order valence-electron chi connectivity index (χ0n) is 22.5. The van der Waals surface area contributed by atoms with Crippen LogP contribution in [0.4, 0.5) is 0 Å². The topological polar surface area (TPSA) is 48.3 Å². The van der Waals surface area contributed by atoms with Crippen molar-refractivity contribution in [1.29, 1.82) is 0 Å². The smallest absolute Gasteiger partial charge is 0.201 e. The average Bonchev–Trinajstić information content (AvgIpc) is 3.02. The second-order valence-corrected chi connectivity index (χ2v) is 12.5. The molecule has 1 aromatic heterocycles. The van der Waals surface area contributed by atoms with E-state index in [1.165, 1.54) is 17.8 Å². The molecule has 0 aromatic carbocycles. The minimum Gasteiger partial charge on any atom is -0.348 e. The standard InChI is InChI=1S/C28H45N3O4/c1-18(2)31-15-13-30(14-16-31)17-21-8-10-24(29(21)6)25-20(4)23-9-7-19(3)22-11-12-27(5)33-26(32-25)28(22,23)35-34-27/h8,10,18-20,22-23,25-26H,7,9,11-17H2,1-6H3/t19-,20-,22+,23+,25-,26-,27+,28-/m1/s1. The summed E-state index contributed by atoms with van der Waals surface area (Å²) in [7, 11) is 2.21. The summed E-state index contributed by atoms with van der Waals surface area (Å²) in [6.45, 7) is 16.9. The monoisotopic (exact) mass is 487 g/mol. The van der Waals surface area contributed by atoms with Crippen LogP contribution in [0.25, 0.3) is 0 Å². The van der Waals surface area contributed by atoms with E-state index in [9.17, 15) is 0 Å². The van der Waals surface area contributed by atoms with E-state index in [1.54, 1.807) is 0 Å². The Labute approximate surface area is 210 Å². The predicted molar refractivity (Wildman–Crippen MR) is 133 cm³/mol. The first kappa shape index (κ1) is 24.4. The average molecular weight is 488 g/mol. The Hall–Kier alpha value is -0.960. The summed E-state index contributed by atoms with van der Waals surface area (Å²) in [5, 5.41) is 0. The molecule has 6 fully saturated rings. The van der Waals surface area contributed by atoms with E-state index in [0.29, 0.717) is 29.7 Å². The molecule has 6 heterocycles. The summed E-state index contributed by atoms with van der Waals surface area (Å²) in [6, 6.07) is 5.22. The van der Waals surface area contributed by atoms with Crippen molar-refractivity contribution in [3.63, 3.8) is 0 Å². The lowest BCUT2D eigenvalue weighted by molar-refractivity contribution is -0.571. The summed E-state index contributed by atoms with van der Waals surface area (Å²) in [5.74, 6) is 0.962. The van der Waals surface area contributed by atoms with Crippen LogP contribution in [0.5, 0.6) is 0 Å². The lowest BCUT2D eigenvalue weighted by Crippen LogP contribution is -2.69. The molecule has 196 valence electrons. The van der Waals surface area contributed by atoms with Gasteiger partial charge in [0.15, 0.2) is 11.9 Å². The number of rotatable bonds is 4. The van der Waals surface area contributed by atoms with Crippen LogP contribution in [0.2, 0.25) is 0 Å². The van der Waals surface area contributed by atoms with Crippen molar-refractivity contribution in [1.82, 2.24) is 14.4 Å². The molecule has 1 spiro atoms. The maximum Gasteiger partial charge on any atom is 0.201 e. The van der Waals surface area contributed by atoms with Gasteiger partial charge in [0.2, 0.25) is 5.79 Å². The number of hydrogen-bond acceptors (Lipinski definition) is 6. The number of hydrogen-bond donors (Lipinski definition) is 0. The zero-order valence-corrected chi connectivity index (χ0v) is 22.5. The molecular weight excluding hydrogens is 442 g/mol. The van der Waals surface area contributed by atoms with Gasteiger partial charge in [0.25, 0.3) is 0 Å². The molecule has 5 saturated heterocycles. The van der Waals surface area contributed by atoms with E-state index < -0.39 is 11.4 Å². The number of aromatic nitrogens is 1. The van der Waals surface area contributed by atoms with Crippen molar-refractivity contribution in [3.05, 3.63) is 23.5 Å². The van der Waals surface area contributed by atoms with Crippen molar-refractivity contribution in [2.24, 2.45) is 30.7 Å². The van der Waals surface area contributed by atoms with Gasteiger partial charge in [-0.2, -0.15) is 0 Å². The van der Waals surface area contributed by atoms with Crippen molar-refractivity contribution >= 4 is 0 Å².